The summed E-state index contributed by atoms with van der Waals surface area (Å²) in [7, 11) is 1.58. The van der Waals surface area contributed by atoms with Gasteiger partial charge >= 0.3 is 5.97 Å². The van der Waals surface area contributed by atoms with E-state index in [0.717, 1.165) is 15.6 Å². The lowest BCUT2D eigenvalue weighted by Gasteiger charge is -2.09. The molecular weight excluding hydrogens is 320 g/mol. The van der Waals surface area contributed by atoms with Crippen LogP contribution in [0.25, 0.3) is 0 Å². The summed E-state index contributed by atoms with van der Waals surface area (Å²) in [5.74, 6) is 0.862. The van der Waals surface area contributed by atoms with E-state index in [2.05, 4.69) is 15.9 Å². The number of rotatable bonds is 3. The lowest BCUT2D eigenvalue weighted by atomic mass is 10.1. The van der Waals surface area contributed by atoms with Crippen LogP contribution in [0.1, 0.15) is 21.5 Å². The summed E-state index contributed by atoms with van der Waals surface area (Å²) in [4.78, 5) is 12.1. The first kappa shape index (κ1) is 14.6. The molecule has 0 aromatic heterocycles. The molecule has 0 heterocycles. The minimum atomic E-state index is -0.389. The Kier molecular flexibility index (Phi) is 4.45. The molecule has 2 aromatic rings. The van der Waals surface area contributed by atoms with Crippen LogP contribution in [0.4, 0.5) is 0 Å². The molecule has 0 spiro atoms. The number of esters is 1. The van der Waals surface area contributed by atoms with Crippen molar-refractivity contribution in [3.05, 3.63) is 57.6 Å². The molecule has 4 heteroatoms. The highest BCUT2D eigenvalue weighted by Crippen LogP contribution is 2.26. The smallest absolute Gasteiger partial charge is 0.343 e. The minimum absolute atomic E-state index is 0.389. The molecule has 0 bridgehead atoms. The maximum atomic E-state index is 12.1. The summed E-state index contributed by atoms with van der Waals surface area (Å²) in [6.07, 6.45) is 0. The van der Waals surface area contributed by atoms with E-state index >= 15 is 0 Å². The van der Waals surface area contributed by atoms with Gasteiger partial charge in [0.05, 0.1) is 17.1 Å². The Hall–Kier alpha value is -1.81. The van der Waals surface area contributed by atoms with E-state index in [4.69, 9.17) is 9.47 Å². The fourth-order valence-electron chi connectivity index (χ4n) is 1.87. The molecule has 0 aliphatic carbocycles. The molecule has 0 saturated carbocycles. The van der Waals surface area contributed by atoms with Crippen molar-refractivity contribution >= 4 is 21.9 Å². The van der Waals surface area contributed by atoms with E-state index in [-0.39, 0.29) is 5.97 Å². The quantitative estimate of drug-likeness (QED) is 0.620. The summed E-state index contributed by atoms with van der Waals surface area (Å²) >= 11 is 3.35. The van der Waals surface area contributed by atoms with Crippen LogP contribution in [0, 0.1) is 13.8 Å². The molecule has 0 aliphatic rings. The third kappa shape index (κ3) is 3.20. The van der Waals surface area contributed by atoms with E-state index in [1.165, 1.54) is 0 Å². The van der Waals surface area contributed by atoms with Gasteiger partial charge in [0.1, 0.15) is 11.5 Å². The minimum Gasteiger partial charge on any atom is -0.496 e. The number of halogens is 1. The number of hydrogen-bond acceptors (Lipinski definition) is 3. The molecule has 0 saturated heterocycles. The Balaban J connectivity index is 2.21. The highest BCUT2D eigenvalue weighted by atomic mass is 79.9. The summed E-state index contributed by atoms with van der Waals surface area (Å²) in [5, 5.41) is 0. The van der Waals surface area contributed by atoms with Crippen LogP contribution in [0.15, 0.2) is 40.9 Å². The summed E-state index contributed by atoms with van der Waals surface area (Å²) < 4.78 is 11.3. The normalized spacial score (nSPS) is 10.2. The number of hydrogen-bond donors (Lipinski definition) is 0. The van der Waals surface area contributed by atoms with Crippen LogP contribution < -0.4 is 9.47 Å². The zero-order chi connectivity index (χ0) is 14.7. The number of aryl methyl sites for hydroxylation is 2. The van der Waals surface area contributed by atoms with Gasteiger partial charge in [0.2, 0.25) is 0 Å². The standard InChI is InChI=1S/C16H15BrO3/c1-10-4-6-14(11(2)8-10)20-16(18)12-5-7-15(19-3)13(17)9-12/h4-9H,1-3H3. The molecule has 20 heavy (non-hydrogen) atoms. The number of benzene rings is 2. The largest absolute Gasteiger partial charge is 0.496 e. The Morgan fingerprint density at radius 2 is 1.75 bits per heavy atom. The average molecular weight is 335 g/mol. The van der Waals surface area contributed by atoms with E-state index in [0.29, 0.717) is 17.1 Å². The third-order valence-corrected chi connectivity index (χ3v) is 3.54. The van der Waals surface area contributed by atoms with E-state index in [9.17, 15) is 4.79 Å². The van der Waals surface area contributed by atoms with Crippen molar-refractivity contribution in [2.45, 2.75) is 13.8 Å². The van der Waals surface area contributed by atoms with Crippen molar-refractivity contribution in [3.63, 3.8) is 0 Å². The number of carbonyl (C=O) groups excluding carboxylic acids is 1. The molecule has 2 rings (SSSR count). The Labute approximate surface area is 126 Å². The van der Waals surface area contributed by atoms with Crippen LogP contribution in [-0.4, -0.2) is 13.1 Å². The van der Waals surface area contributed by atoms with Crippen molar-refractivity contribution in [2.75, 3.05) is 7.11 Å². The van der Waals surface area contributed by atoms with Crippen LogP contribution in [0.3, 0.4) is 0 Å². The van der Waals surface area contributed by atoms with E-state index < -0.39 is 0 Å². The van der Waals surface area contributed by atoms with Crippen LogP contribution >= 0.6 is 15.9 Å². The summed E-state index contributed by atoms with van der Waals surface area (Å²) in [5.41, 5.74) is 2.54. The first-order valence-electron chi connectivity index (χ1n) is 6.14. The SMILES string of the molecule is COc1ccc(C(=O)Oc2ccc(C)cc2C)cc1Br. The van der Waals surface area contributed by atoms with Crippen molar-refractivity contribution in [3.8, 4) is 11.5 Å². The van der Waals surface area contributed by atoms with Gasteiger partial charge in [-0.05, 0) is 59.6 Å². The maximum absolute atomic E-state index is 12.1. The second kappa shape index (κ2) is 6.09. The topological polar surface area (TPSA) is 35.5 Å². The first-order valence-corrected chi connectivity index (χ1v) is 6.93. The van der Waals surface area contributed by atoms with Gasteiger partial charge < -0.3 is 9.47 Å². The van der Waals surface area contributed by atoms with Gasteiger partial charge in [-0.25, -0.2) is 4.79 Å². The van der Waals surface area contributed by atoms with Crippen molar-refractivity contribution in [2.24, 2.45) is 0 Å². The average Bonchev–Trinajstić information content (AvgIpc) is 2.41. The van der Waals surface area contributed by atoms with E-state index in [1.54, 1.807) is 31.4 Å². The van der Waals surface area contributed by atoms with Crippen LogP contribution in [0.2, 0.25) is 0 Å². The third-order valence-electron chi connectivity index (χ3n) is 2.92. The molecule has 2 aromatic carbocycles. The zero-order valence-electron chi connectivity index (χ0n) is 11.6. The predicted octanol–water partition coefficient (Wildman–Crippen LogP) is 4.29. The molecule has 0 fully saturated rings. The first-order chi connectivity index (χ1) is 9.51. The molecule has 0 atom stereocenters. The number of methoxy groups -OCH3 is 1. The summed E-state index contributed by atoms with van der Waals surface area (Å²) in [6, 6.07) is 10.8. The van der Waals surface area contributed by atoms with Gasteiger partial charge in [-0.1, -0.05) is 17.7 Å². The van der Waals surface area contributed by atoms with Gasteiger partial charge in [-0.15, -0.1) is 0 Å². The maximum Gasteiger partial charge on any atom is 0.343 e. The van der Waals surface area contributed by atoms with Gasteiger partial charge in [-0.3, -0.25) is 0 Å². The van der Waals surface area contributed by atoms with E-state index in [1.807, 2.05) is 26.0 Å². The molecule has 104 valence electrons. The molecule has 0 N–H and O–H groups in total. The summed E-state index contributed by atoms with van der Waals surface area (Å²) in [6.45, 7) is 3.92. The van der Waals surface area contributed by atoms with Gasteiger partial charge in [0.25, 0.3) is 0 Å². The highest BCUT2D eigenvalue weighted by molar-refractivity contribution is 9.10. The molecular formula is C16H15BrO3. The predicted molar refractivity (Wildman–Crippen MR) is 81.6 cm³/mol. The highest BCUT2D eigenvalue weighted by Gasteiger charge is 2.12. The fourth-order valence-corrected chi connectivity index (χ4v) is 2.41. The van der Waals surface area contributed by atoms with Crippen molar-refractivity contribution < 1.29 is 14.3 Å². The monoisotopic (exact) mass is 334 g/mol. The molecule has 3 nitrogen and oxygen atoms in total. The van der Waals surface area contributed by atoms with Gasteiger partial charge in [0, 0.05) is 0 Å². The second-order valence-electron chi connectivity index (χ2n) is 4.51. The molecule has 0 aliphatic heterocycles. The van der Waals surface area contributed by atoms with Crippen LogP contribution in [-0.2, 0) is 0 Å². The second-order valence-corrected chi connectivity index (χ2v) is 5.36. The van der Waals surface area contributed by atoms with Gasteiger partial charge in [-0.2, -0.15) is 0 Å². The lowest BCUT2D eigenvalue weighted by Crippen LogP contribution is -2.09. The lowest BCUT2D eigenvalue weighted by molar-refractivity contribution is 0.0733. The zero-order valence-corrected chi connectivity index (χ0v) is 13.2. The van der Waals surface area contributed by atoms with Crippen molar-refractivity contribution in [1.29, 1.82) is 0 Å². The molecule has 0 unspecified atom stereocenters. The molecule has 0 amide bonds. The van der Waals surface area contributed by atoms with Gasteiger partial charge in [0.15, 0.2) is 0 Å². The van der Waals surface area contributed by atoms with Crippen LogP contribution in [0.5, 0.6) is 11.5 Å². The Bertz CT molecular complexity index is 650. The molecule has 0 radical (unpaired) electrons. The number of carbonyl (C=O) groups is 1. The fraction of sp³-hybridized carbons (Fsp3) is 0.188. The number of ether oxygens (including phenoxy) is 2. The van der Waals surface area contributed by atoms with Crippen molar-refractivity contribution in [1.82, 2.24) is 0 Å². The Morgan fingerprint density at radius 3 is 2.35 bits per heavy atom. The Morgan fingerprint density at radius 1 is 1.05 bits per heavy atom.